The maximum atomic E-state index is 11.6. The molecule has 316 valence electrons. The molecule has 10 heteroatoms. The molecule has 0 bridgehead atoms. The van der Waals surface area contributed by atoms with Crippen LogP contribution in [-0.4, -0.2) is 33.3 Å². The molecule has 0 spiro atoms. The zero-order valence-corrected chi connectivity index (χ0v) is 41.5. The van der Waals surface area contributed by atoms with Crippen LogP contribution in [0.4, 0.5) is 17.1 Å². The van der Waals surface area contributed by atoms with E-state index in [0.717, 1.165) is 62.4 Å². The molecule has 0 radical (unpaired) electrons. The molecule has 0 aliphatic carbocycles. The molecular formula is C52H54GeN4OS4. The van der Waals surface area contributed by atoms with Gasteiger partial charge in [-0.1, -0.05) is 0 Å². The van der Waals surface area contributed by atoms with Crippen LogP contribution in [0.5, 0.6) is 0 Å². The van der Waals surface area contributed by atoms with Crippen LogP contribution in [0.2, 0.25) is 10.5 Å². The Morgan fingerprint density at radius 3 is 1.76 bits per heavy atom. The summed E-state index contributed by atoms with van der Waals surface area (Å²) in [5.74, 6) is 1.45. The Labute approximate surface area is 385 Å². The number of aromatic nitrogens is 3. The summed E-state index contributed by atoms with van der Waals surface area (Å²) in [5.41, 5.74) is 8.37. The van der Waals surface area contributed by atoms with Gasteiger partial charge in [0.05, 0.1) is 0 Å². The summed E-state index contributed by atoms with van der Waals surface area (Å²) in [6.07, 6.45) is 13.1. The molecule has 2 unspecified atom stereocenters. The molecule has 0 saturated heterocycles. The minimum absolute atomic E-state index is 0.692. The van der Waals surface area contributed by atoms with Crippen molar-refractivity contribution < 1.29 is 4.79 Å². The van der Waals surface area contributed by atoms with E-state index in [2.05, 4.69) is 130 Å². The molecule has 6 heterocycles. The number of carbonyl (C=O) groups excluding carboxylic acids is 1. The monoisotopic (exact) mass is 952 g/mol. The first-order valence-corrected chi connectivity index (χ1v) is 30.7. The van der Waals surface area contributed by atoms with Crippen molar-refractivity contribution in [1.29, 1.82) is 0 Å². The molecule has 1 aliphatic heterocycles. The zero-order chi connectivity index (χ0) is 42.6. The van der Waals surface area contributed by atoms with Crippen LogP contribution in [0.3, 0.4) is 0 Å². The summed E-state index contributed by atoms with van der Waals surface area (Å²) < 4.78 is 13.1. The van der Waals surface area contributed by atoms with Crippen molar-refractivity contribution in [2.45, 2.75) is 89.6 Å². The SMILES string of the molecule is CCCCC(CC)[CH2][Ge]1([CH2]C(CC)CCCC)[c]2cc(-c3ccc(N(c4ccccc4)c4ccccc4)cc3)sc2-c2sc(-c3cnc(-c4ccc(C=O)s4)c4nsnc34)c[c]21. The van der Waals surface area contributed by atoms with Gasteiger partial charge in [0.15, 0.2) is 0 Å². The van der Waals surface area contributed by atoms with Gasteiger partial charge in [-0.15, -0.1) is 0 Å². The predicted molar refractivity (Wildman–Crippen MR) is 272 cm³/mol. The van der Waals surface area contributed by atoms with Crippen molar-refractivity contribution in [1.82, 2.24) is 13.7 Å². The molecule has 0 saturated carbocycles. The zero-order valence-electron chi connectivity index (χ0n) is 36.1. The number of aldehydes is 1. The summed E-state index contributed by atoms with van der Waals surface area (Å²) in [7, 11) is 0. The predicted octanol–water partition coefficient (Wildman–Crippen LogP) is 15.5. The molecule has 0 amide bonds. The fourth-order valence-corrected chi connectivity index (χ4v) is 30.0. The number of fused-ring (bicyclic) bond motifs is 4. The fourth-order valence-electron chi connectivity index (χ4n) is 9.70. The Kier molecular flexibility index (Phi) is 13.3. The molecule has 0 fully saturated rings. The summed E-state index contributed by atoms with van der Waals surface area (Å²) in [4.78, 5) is 26.3. The number of rotatable bonds is 19. The van der Waals surface area contributed by atoms with Gasteiger partial charge in [-0.05, 0) is 0 Å². The summed E-state index contributed by atoms with van der Waals surface area (Å²) in [5, 5.41) is 2.71. The van der Waals surface area contributed by atoms with Crippen molar-refractivity contribution in [2.75, 3.05) is 4.90 Å². The van der Waals surface area contributed by atoms with Crippen LogP contribution in [-0.2, 0) is 0 Å². The first-order valence-electron chi connectivity index (χ1n) is 22.4. The molecule has 0 N–H and O–H groups in total. The standard InChI is InChI=1S/C52H54GeN4OS4/c1-5-9-17-35(7-3)31-53(32-36(8-4)18-10-6-2)43-29-46(37-23-25-40(26-24-37)57(38-19-13-11-14-20-38)39-21-15-12-16-22-39)60-51(43)52-44(53)30-47(61-52)42-33-54-49(50-48(42)55-62-56-50)45-28-27-41(34-58)59-45/h11-16,19-30,33-36H,5-10,17-18,31-32H2,1-4H3. The number of pyridine rings is 1. The normalized spacial score (nSPS) is 15.4. The first kappa shape index (κ1) is 43.0. The van der Waals surface area contributed by atoms with E-state index in [1.54, 1.807) is 8.79 Å². The Morgan fingerprint density at radius 1 is 0.629 bits per heavy atom. The average Bonchev–Trinajstić information content (AvgIpc) is 4.17. The minimum atomic E-state index is -3.04. The van der Waals surface area contributed by atoms with Gasteiger partial charge in [0.25, 0.3) is 0 Å². The second-order valence-electron chi connectivity index (χ2n) is 16.9. The summed E-state index contributed by atoms with van der Waals surface area (Å²) in [6, 6.07) is 39.8. The van der Waals surface area contributed by atoms with Gasteiger partial charge in [0, 0.05) is 0 Å². The van der Waals surface area contributed by atoms with Crippen LogP contribution in [0.1, 0.15) is 88.7 Å². The Morgan fingerprint density at radius 2 is 1.19 bits per heavy atom. The number of hydrogen-bond acceptors (Lipinski definition) is 9. The van der Waals surface area contributed by atoms with E-state index < -0.39 is 13.3 Å². The van der Waals surface area contributed by atoms with Crippen molar-refractivity contribution in [3.8, 4) is 41.2 Å². The van der Waals surface area contributed by atoms with Crippen LogP contribution < -0.4 is 13.7 Å². The van der Waals surface area contributed by atoms with E-state index in [1.165, 1.54) is 110 Å². The molecule has 9 rings (SSSR count). The Bertz CT molecular complexity index is 2700. The number of unbranched alkanes of at least 4 members (excludes halogenated alkanes) is 2. The van der Waals surface area contributed by atoms with Crippen molar-refractivity contribution in [3.05, 3.63) is 120 Å². The third-order valence-corrected chi connectivity index (χ3v) is 29.2. The van der Waals surface area contributed by atoms with Crippen molar-refractivity contribution >= 4 is 102 Å². The van der Waals surface area contributed by atoms with Gasteiger partial charge in [-0.3, -0.25) is 0 Å². The molecule has 8 aromatic rings. The Balaban J connectivity index is 1.18. The molecule has 1 aliphatic rings. The van der Waals surface area contributed by atoms with E-state index >= 15 is 0 Å². The third kappa shape index (κ3) is 8.31. The number of nitrogens with zero attached hydrogens (tertiary/aromatic N) is 4. The third-order valence-electron chi connectivity index (χ3n) is 13.0. The number of carbonyl (C=O) groups is 1. The topological polar surface area (TPSA) is 59.0 Å². The summed E-state index contributed by atoms with van der Waals surface area (Å²) >= 11 is 3.66. The Hall–Kier alpha value is -4.26. The molecule has 5 aromatic heterocycles. The van der Waals surface area contributed by atoms with Gasteiger partial charge < -0.3 is 0 Å². The number of hydrogen-bond donors (Lipinski definition) is 0. The number of thiophene rings is 3. The number of para-hydroxylation sites is 2. The van der Waals surface area contributed by atoms with Crippen LogP contribution in [0.15, 0.2) is 115 Å². The van der Waals surface area contributed by atoms with E-state index in [-0.39, 0.29) is 0 Å². The molecule has 5 nitrogen and oxygen atoms in total. The van der Waals surface area contributed by atoms with Gasteiger partial charge in [-0.2, -0.15) is 0 Å². The van der Waals surface area contributed by atoms with Crippen molar-refractivity contribution in [3.63, 3.8) is 0 Å². The molecule has 3 aromatic carbocycles. The van der Waals surface area contributed by atoms with Gasteiger partial charge >= 0.3 is 388 Å². The second-order valence-corrected chi connectivity index (χ2v) is 29.1. The maximum absolute atomic E-state index is 11.6. The van der Waals surface area contributed by atoms with E-state index in [9.17, 15) is 4.79 Å². The van der Waals surface area contributed by atoms with Crippen LogP contribution >= 0.6 is 45.7 Å². The van der Waals surface area contributed by atoms with Gasteiger partial charge in [0.1, 0.15) is 0 Å². The average molecular weight is 952 g/mol. The van der Waals surface area contributed by atoms with E-state index in [4.69, 9.17) is 13.7 Å². The van der Waals surface area contributed by atoms with E-state index in [0.29, 0.717) is 4.88 Å². The van der Waals surface area contributed by atoms with Crippen LogP contribution in [0, 0.1) is 11.8 Å². The number of anilines is 3. The quantitative estimate of drug-likeness (QED) is 0.0597. The van der Waals surface area contributed by atoms with Crippen molar-refractivity contribution in [2.24, 2.45) is 11.8 Å². The summed E-state index contributed by atoms with van der Waals surface area (Å²) in [6.45, 7) is 9.59. The first-order chi connectivity index (χ1) is 30.5. The molecule has 62 heavy (non-hydrogen) atoms. The second kappa shape index (κ2) is 19.2. The number of benzene rings is 3. The molecular weight excluding hydrogens is 897 g/mol. The van der Waals surface area contributed by atoms with Gasteiger partial charge in [0.2, 0.25) is 0 Å². The van der Waals surface area contributed by atoms with Crippen LogP contribution in [0.25, 0.3) is 52.2 Å². The van der Waals surface area contributed by atoms with Gasteiger partial charge in [-0.25, -0.2) is 0 Å². The fraction of sp³-hybridized carbons (Fsp3) is 0.308. The molecule has 2 atom stereocenters. The van der Waals surface area contributed by atoms with E-state index in [1.807, 2.05) is 41.0 Å².